The number of guanidine groups is 1. The zero-order chi connectivity index (χ0) is 16.2. The molecule has 1 rings (SSSR count). The van der Waals surface area contributed by atoms with Crippen LogP contribution >= 0.6 is 23.1 Å². The van der Waals surface area contributed by atoms with Gasteiger partial charge in [-0.2, -0.15) is 11.8 Å². The average Bonchev–Trinajstić information content (AvgIpc) is 3.01. The summed E-state index contributed by atoms with van der Waals surface area (Å²) in [4.78, 5) is 18.8. The molecule has 1 aromatic heterocycles. The number of nitrogens with zero attached hydrogens (tertiary/aromatic N) is 2. The van der Waals surface area contributed by atoms with Crippen LogP contribution in [0.15, 0.2) is 35.2 Å². The maximum atomic E-state index is 11.6. The molecule has 1 heterocycles. The zero-order valence-electron chi connectivity index (χ0n) is 13.2. The summed E-state index contributed by atoms with van der Waals surface area (Å²) in [6, 6.07) is 4.09. The highest BCUT2D eigenvalue weighted by molar-refractivity contribution is 7.99. The van der Waals surface area contributed by atoms with Crippen molar-refractivity contribution in [2.45, 2.75) is 6.54 Å². The molecule has 5 nitrogen and oxygen atoms in total. The van der Waals surface area contributed by atoms with Crippen LogP contribution < -0.4 is 10.6 Å². The first kappa shape index (κ1) is 18.6. The van der Waals surface area contributed by atoms with Crippen molar-refractivity contribution in [3.63, 3.8) is 0 Å². The van der Waals surface area contributed by atoms with Gasteiger partial charge in [-0.3, -0.25) is 4.79 Å². The molecule has 0 saturated carbocycles. The number of carbonyl (C=O) groups excluding carboxylic acids is 1. The van der Waals surface area contributed by atoms with E-state index in [0.717, 1.165) is 18.1 Å². The Morgan fingerprint density at radius 1 is 1.50 bits per heavy atom. The molecule has 2 N–H and O–H groups in total. The summed E-state index contributed by atoms with van der Waals surface area (Å²) in [6.45, 7) is 5.35. The minimum absolute atomic E-state index is 0.0155. The summed E-state index contributed by atoms with van der Waals surface area (Å²) in [5.74, 6) is 2.56. The molecule has 0 bridgehead atoms. The van der Waals surface area contributed by atoms with Gasteiger partial charge in [-0.25, -0.2) is 4.99 Å². The minimum Gasteiger partial charge on any atom is -0.356 e. The zero-order valence-corrected chi connectivity index (χ0v) is 14.8. The number of amides is 1. The van der Waals surface area contributed by atoms with Gasteiger partial charge in [0.25, 0.3) is 0 Å². The highest BCUT2D eigenvalue weighted by Gasteiger charge is 2.04. The largest absolute Gasteiger partial charge is 0.356 e. The monoisotopic (exact) mass is 340 g/mol. The van der Waals surface area contributed by atoms with E-state index in [9.17, 15) is 4.79 Å². The summed E-state index contributed by atoms with van der Waals surface area (Å²) in [5, 5.41) is 8.55. The molecule has 0 fully saturated rings. The number of thiophene rings is 1. The van der Waals surface area contributed by atoms with Crippen molar-refractivity contribution in [3.05, 3.63) is 35.0 Å². The van der Waals surface area contributed by atoms with Crippen LogP contribution in [0.5, 0.6) is 0 Å². The van der Waals surface area contributed by atoms with Gasteiger partial charge in [0.1, 0.15) is 6.54 Å². The van der Waals surface area contributed by atoms with Crippen LogP contribution in [0.3, 0.4) is 0 Å². The van der Waals surface area contributed by atoms with Gasteiger partial charge in [0.15, 0.2) is 5.96 Å². The molecular formula is C15H24N4OS2. The number of hydrogen-bond donors (Lipinski definition) is 2. The Kier molecular flexibility index (Phi) is 9.41. The molecular weight excluding hydrogens is 316 g/mol. The van der Waals surface area contributed by atoms with Gasteiger partial charge >= 0.3 is 0 Å². The molecule has 0 aliphatic rings. The molecule has 1 amide bonds. The van der Waals surface area contributed by atoms with Crippen LogP contribution in [0.4, 0.5) is 0 Å². The van der Waals surface area contributed by atoms with E-state index in [1.54, 1.807) is 42.1 Å². The van der Waals surface area contributed by atoms with Crippen LogP contribution in [0, 0.1) is 0 Å². The summed E-state index contributed by atoms with van der Waals surface area (Å²) < 4.78 is 0. The van der Waals surface area contributed by atoms with E-state index in [-0.39, 0.29) is 12.5 Å². The fourth-order valence-electron chi connectivity index (χ4n) is 1.45. The number of nitrogens with one attached hydrogen (secondary N) is 2. The second-order valence-electron chi connectivity index (χ2n) is 4.68. The Bertz CT molecular complexity index is 472. The highest BCUT2D eigenvalue weighted by Crippen LogP contribution is 2.07. The summed E-state index contributed by atoms with van der Waals surface area (Å²) in [6.07, 6.45) is 1.89. The SMILES string of the molecule is C=CCSCCNC(=NCC(=O)N(C)C)NCc1cccs1. The fourth-order valence-corrected chi connectivity index (χ4v) is 2.68. The maximum absolute atomic E-state index is 11.6. The average molecular weight is 341 g/mol. The third kappa shape index (κ3) is 8.09. The first-order chi connectivity index (χ1) is 10.6. The number of thioether (sulfide) groups is 1. The third-order valence-electron chi connectivity index (χ3n) is 2.66. The van der Waals surface area contributed by atoms with Crippen molar-refractivity contribution >= 4 is 35.0 Å². The normalized spacial score (nSPS) is 11.1. The van der Waals surface area contributed by atoms with Gasteiger partial charge in [-0.05, 0) is 11.4 Å². The van der Waals surface area contributed by atoms with Crippen molar-refractivity contribution in [1.29, 1.82) is 0 Å². The second kappa shape index (κ2) is 11.1. The first-order valence-electron chi connectivity index (χ1n) is 7.07. The number of carbonyl (C=O) groups is 1. The Hall–Kier alpha value is -1.47. The maximum Gasteiger partial charge on any atom is 0.243 e. The predicted octanol–water partition coefficient (Wildman–Crippen LogP) is 1.79. The molecule has 0 saturated heterocycles. The van der Waals surface area contributed by atoms with Crippen LogP contribution in [0.1, 0.15) is 4.88 Å². The lowest BCUT2D eigenvalue weighted by molar-refractivity contribution is -0.127. The molecule has 0 spiro atoms. The van der Waals surface area contributed by atoms with Crippen molar-refractivity contribution < 1.29 is 4.79 Å². The van der Waals surface area contributed by atoms with Crippen LogP contribution in [0.2, 0.25) is 0 Å². The topological polar surface area (TPSA) is 56.7 Å². The van der Waals surface area contributed by atoms with E-state index >= 15 is 0 Å². The number of hydrogen-bond acceptors (Lipinski definition) is 4. The standard InChI is InChI=1S/C15H24N4OS2/c1-4-8-21-10-7-16-15(18-12-14(20)19(2)3)17-11-13-6-5-9-22-13/h4-6,9H,1,7-8,10-12H2,2-3H3,(H2,16,17,18). The fraction of sp³-hybridized carbons (Fsp3) is 0.467. The van der Waals surface area contributed by atoms with E-state index in [1.807, 2.05) is 17.5 Å². The highest BCUT2D eigenvalue weighted by atomic mass is 32.2. The van der Waals surface area contributed by atoms with Crippen molar-refractivity contribution in [2.75, 3.05) is 38.7 Å². The summed E-state index contributed by atoms with van der Waals surface area (Å²) >= 11 is 3.50. The predicted molar refractivity (Wildman–Crippen MR) is 97.7 cm³/mol. The number of rotatable bonds is 9. The molecule has 122 valence electrons. The van der Waals surface area contributed by atoms with E-state index in [0.29, 0.717) is 12.5 Å². The Morgan fingerprint density at radius 3 is 2.95 bits per heavy atom. The lowest BCUT2D eigenvalue weighted by Gasteiger charge is -2.13. The van der Waals surface area contributed by atoms with Gasteiger partial charge < -0.3 is 15.5 Å². The van der Waals surface area contributed by atoms with Gasteiger partial charge in [-0.1, -0.05) is 12.1 Å². The Labute approximate surface area is 140 Å². The minimum atomic E-state index is -0.0155. The molecule has 0 radical (unpaired) electrons. The number of likely N-dealkylation sites (N-methyl/N-ethyl adjacent to an activating group) is 1. The van der Waals surface area contributed by atoms with E-state index in [2.05, 4.69) is 28.3 Å². The van der Waals surface area contributed by atoms with Gasteiger partial charge in [0, 0.05) is 37.0 Å². The first-order valence-corrected chi connectivity index (χ1v) is 9.10. The van der Waals surface area contributed by atoms with E-state index < -0.39 is 0 Å². The molecule has 7 heteroatoms. The third-order valence-corrected chi connectivity index (χ3v) is 4.50. The summed E-state index contributed by atoms with van der Waals surface area (Å²) in [5.41, 5.74) is 0. The Balaban J connectivity index is 2.45. The van der Waals surface area contributed by atoms with Crippen LogP contribution in [0.25, 0.3) is 0 Å². The molecule has 0 aromatic carbocycles. The molecule has 0 aliphatic heterocycles. The van der Waals surface area contributed by atoms with Crippen molar-refractivity contribution in [2.24, 2.45) is 4.99 Å². The second-order valence-corrected chi connectivity index (χ2v) is 6.86. The van der Waals surface area contributed by atoms with E-state index in [4.69, 9.17) is 0 Å². The molecule has 0 atom stereocenters. The number of aliphatic imine (C=N–C) groups is 1. The van der Waals surface area contributed by atoms with Crippen molar-refractivity contribution in [1.82, 2.24) is 15.5 Å². The van der Waals surface area contributed by atoms with Crippen LogP contribution in [-0.2, 0) is 11.3 Å². The molecule has 0 aliphatic carbocycles. The Morgan fingerprint density at radius 2 is 2.32 bits per heavy atom. The van der Waals surface area contributed by atoms with Gasteiger partial charge in [0.2, 0.25) is 5.91 Å². The quantitative estimate of drug-likeness (QED) is 0.311. The van der Waals surface area contributed by atoms with Crippen molar-refractivity contribution in [3.8, 4) is 0 Å². The van der Waals surface area contributed by atoms with E-state index in [1.165, 1.54) is 4.88 Å². The van der Waals surface area contributed by atoms with Gasteiger partial charge in [-0.15, -0.1) is 17.9 Å². The van der Waals surface area contributed by atoms with Crippen LogP contribution in [-0.4, -0.2) is 55.5 Å². The lowest BCUT2D eigenvalue weighted by atomic mass is 10.4. The molecule has 22 heavy (non-hydrogen) atoms. The lowest BCUT2D eigenvalue weighted by Crippen LogP contribution is -2.39. The molecule has 1 aromatic rings. The molecule has 0 unspecified atom stereocenters. The van der Waals surface area contributed by atoms with Gasteiger partial charge in [0.05, 0.1) is 6.54 Å². The smallest absolute Gasteiger partial charge is 0.243 e. The summed E-state index contributed by atoms with van der Waals surface area (Å²) in [7, 11) is 3.46.